The van der Waals surface area contributed by atoms with Gasteiger partial charge in [0.25, 0.3) is 0 Å². The van der Waals surface area contributed by atoms with Crippen molar-refractivity contribution in [2.75, 3.05) is 0 Å². The molecule has 1 rings (SSSR count). The van der Waals surface area contributed by atoms with Crippen LogP contribution in [0, 0.1) is 5.82 Å². The lowest BCUT2D eigenvalue weighted by molar-refractivity contribution is 0.0992. The van der Waals surface area contributed by atoms with Gasteiger partial charge in [0.15, 0.2) is 5.78 Å². The highest BCUT2D eigenvalue weighted by molar-refractivity contribution is 9.10. The summed E-state index contributed by atoms with van der Waals surface area (Å²) in [5.41, 5.74) is 0.0637. The van der Waals surface area contributed by atoms with Crippen molar-refractivity contribution in [3.05, 3.63) is 34.6 Å². The van der Waals surface area contributed by atoms with Gasteiger partial charge in [-0.1, -0.05) is 27.5 Å². The zero-order valence-electron chi connectivity index (χ0n) is 6.85. The first-order valence-electron chi connectivity index (χ1n) is 3.65. The molecule has 1 aromatic rings. The number of alkyl halides is 1. The van der Waals surface area contributed by atoms with Crippen LogP contribution in [0.3, 0.4) is 0 Å². The maximum atomic E-state index is 13.1. The predicted molar refractivity (Wildman–Crippen MR) is 54.1 cm³/mol. The maximum absolute atomic E-state index is 13.1. The van der Waals surface area contributed by atoms with Crippen molar-refractivity contribution < 1.29 is 9.18 Å². The summed E-state index contributed by atoms with van der Waals surface area (Å²) >= 11 is 8.62. The van der Waals surface area contributed by atoms with Crippen LogP contribution in [0.1, 0.15) is 17.3 Å². The minimum Gasteiger partial charge on any atom is -0.293 e. The van der Waals surface area contributed by atoms with E-state index in [0.29, 0.717) is 0 Å². The lowest BCUT2D eigenvalue weighted by Crippen LogP contribution is -2.11. The Morgan fingerprint density at radius 1 is 1.62 bits per heavy atom. The molecule has 0 saturated heterocycles. The molecule has 4 heteroatoms. The van der Waals surface area contributed by atoms with Crippen LogP contribution in [0.4, 0.5) is 4.39 Å². The molecule has 0 radical (unpaired) electrons. The van der Waals surface area contributed by atoms with Crippen molar-refractivity contribution >= 4 is 33.3 Å². The number of rotatable bonds is 2. The molecule has 0 saturated carbocycles. The fourth-order valence-electron chi connectivity index (χ4n) is 0.904. The van der Waals surface area contributed by atoms with Crippen LogP contribution in [-0.2, 0) is 0 Å². The van der Waals surface area contributed by atoms with Crippen molar-refractivity contribution in [2.24, 2.45) is 0 Å². The van der Waals surface area contributed by atoms with E-state index in [9.17, 15) is 9.18 Å². The summed E-state index contributed by atoms with van der Waals surface area (Å²) in [5, 5.41) is 0.288. The summed E-state index contributed by atoms with van der Waals surface area (Å²) in [7, 11) is 0. The summed E-state index contributed by atoms with van der Waals surface area (Å²) in [5.74, 6) is -0.863. The van der Waals surface area contributed by atoms with Crippen molar-refractivity contribution in [1.82, 2.24) is 0 Å². The Morgan fingerprint density at radius 2 is 2.23 bits per heavy atom. The number of Topliss-reactive ketones (excluding diaryl/α,β-unsaturated/α-hetero) is 1. The topological polar surface area (TPSA) is 17.1 Å². The molecule has 1 nitrogen and oxygen atoms in total. The van der Waals surface area contributed by atoms with Gasteiger partial charge in [-0.05, 0) is 25.1 Å². The summed E-state index contributed by atoms with van der Waals surface area (Å²) < 4.78 is 13.1. The molecule has 0 aliphatic rings. The molecule has 0 N–H and O–H groups in total. The Balaban J connectivity index is 3.09. The Labute approximate surface area is 89.0 Å². The second kappa shape index (κ2) is 4.20. The summed E-state index contributed by atoms with van der Waals surface area (Å²) in [6.45, 7) is 1.65. The molecule has 0 aliphatic carbocycles. The summed E-state index contributed by atoms with van der Waals surface area (Å²) in [6, 6.07) is 4.01. The number of hydrogen-bond acceptors (Lipinski definition) is 1. The molecule has 1 unspecified atom stereocenters. The Kier molecular flexibility index (Phi) is 3.45. The van der Waals surface area contributed by atoms with Crippen LogP contribution in [0.5, 0.6) is 0 Å². The molecule has 1 aromatic carbocycles. The molecule has 70 valence electrons. The monoisotopic (exact) mass is 264 g/mol. The number of hydrogen-bond donors (Lipinski definition) is 0. The molecule has 0 fully saturated rings. The number of ketones is 1. The molecular formula is C9H7BrClFO. The third-order valence-electron chi connectivity index (χ3n) is 1.56. The van der Waals surface area contributed by atoms with Crippen LogP contribution in [0.25, 0.3) is 0 Å². The Hall–Kier alpha value is -0.410. The highest BCUT2D eigenvalue weighted by Crippen LogP contribution is 2.17. The summed E-state index contributed by atoms with van der Waals surface area (Å²) in [4.78, 5) is 11.0. The SMILES string of the molecule is CC(Br)C(=O)c1ccc(Cl)cc1F. The van der Waals surface area contributed by atoms with Crippen molar-refractivity contribution in [1.29, 1.82) is 0 Å². The minimum atomic E-state index is -0.580. The summed E-state index contributed by atoms with van der Waals surface area (Å²) in [6.07, 6.45) is 0. The van der Waals surface area contributed by atoms with Crippen LogP contribution >= 0.6 is 27.5 Å². The average Bonchev–Trinajstić information content (AvgIpc) is 2.03. The third kappa shape index (κ3) is 2.51. The molecule has 0 aromatic heterocycles. The standard InChI is InChI=1S/C9H7BrClFO/c1-5(10)9(13)7-3-2-6(11)4-8(7)12/h2-5H,1H3. The van der Waals surface area contributed by atoms with Crippen LogP contribution < -0.4 is 0 Å². The number of benzene rings is 1. The molecule has 13 heavy (non-hydrogen) atoms. The van der Waals surface area contributed by atoms with Crippen LogP contribution in [0.15, 0.2) is 18.2 Å². The predicted octanol–water partition coefficient (Wildman–Crippen LogP) is 3.45. The first-order valence-corrected chi connectivity index (χ1v) is 4.95. The number of carbonyl (C=O) groups is 1. The van der Waals surface area contributed by atoms with E-state index < -0.39 is 5.82 Å². The second-order valence-corrected chi connectivity index (χ2v) is 4.41. The number of carbonyl (C=O) groups excluding carboxylic acids is 1. The van der Waals surface area contributed by atoms with Gasteiger partial charge in [-0.2, -0.15) is 0 Å². The maximum Gasteiger partial charge on any atom is 0.179 e. The fourth-order valence-corrected chi connectivity index (χ4v) is 1.31. The zero-order chi connectivity index (χ0) is 10.0. The lowest BCUT2D eigenvalue weighted by atomic mass is 10.1. The van der Waals surface area contributed by atoms with Crippen molar-refractivity contribution in [2.45, 2.75) is 11.8 Å². The quantitative estimate of drug-likeness (QED) is 0.591. The average molecular weight is 266 g/mol. The zero-order valence-corrected chi connectivity index (χ0v) is 9.19. The fraction of sp³-hybridized carbons (Fsp3) is 0.222. The van der Waals surface area contributed by atoms with Gasteiger partial charge < -0.3 is 0 Å². The van der Waals surface area contributed by atoms with Crippen molar-refractivity contribution in [3.8, 4) is 0 Å². The molecule has 0 amide bonds. The van der Waals surface area contributed by atoms with E-state index in [1.54, 1.807) is 6.92 Å². The molecular weight excluding hydrogens is 258 g/mol. The van der Waals surface area contributed by atoms with E-state index in [2.05, 4.69) is 15.9 Å². The third-order valence-corrected chi connectivity index (χ3v) is 2.21. The van der Waals surface area contributed by atoms with E-state index in [1.165, 1.54) is 12.1 Å². The van der Waals surface area contributed by atoms with Crippen LogP contribution in [0.2, 0.25) is 5.02 Å². The normalized spacial score (nSPS) is 12.6. The van der Waals surface area contributed by atoms with E-state index >= 15 is 0 Å². The molecule has 0 bridgehead atoms. The lowest BCUT2D eigenvalue weighted by Gasteiger charge is -2.03. The first-order chi connectivity index (χ1) is 6.02. The van der Waals surface area contributed by atoms with Gasteiger partial charge in [0.1, 0.15) is 5.82 Å². The van der Waals surface area contributed by atoms with E-state index in [-0.39, 0.29) is 21.2 Å². The van der Waals surface area contributed by atoms with Gasteiger partial charge in [0, 0.05) is 5.02 Å². The highest BCUT2D eigenvalue weighted by atomic mass is 79.9. The first kappa shape index (κ1) is 10.7. The van der Waals surface area contributed by atoms with E-state index in [0.717, 1.165) is 6.07 Å². The van der Waals surface area contributed by atoms with Gasteiger partial charge in [0.05, 0.1) is 10.4 Å². The highest BCUT2D eigenvalue weighted by Gasteiger charge is 2.15. The minimum absolute atomic E-state index is 0.0637. The molecule has 0 spiro atoms. The second-order valence-electron chi connectivity index (χ2n) is 2.60. The van der Waals surface area contributed by atoms with Gasteiger partial charge in [0.2, 0.25) is 0 Å². The van der Waals surface area contributed by atoms with Gasteiger partial charge in [-0.15, -0.1) is 0 Å². The van der Waals surface area contributed by atoms with Gasteiger partial charge >= 0.3 is 0 Å². The van der Waals surface area contributed by atoms with Crippen LogP contribution in [-0.4, -0.2) is 10.6 Å². The van der Waals surface area contributed by atoms with E-state index in [1.807, 2.05) is 0 Å². The Bertz CT molecular complexity index is 338. The number of halogens is 3. The largest absolute Gasteiger partial charge is 0.293 e. The van der Waals surface area contributed by atoms with Gasteiger partial charge in [-0.25, -0.2) is 4.39 Å². The Morgan fingerprint density at radius 3 is 2.69 bits per heavy atom. The smallest absolute Gasteiger partial charge is 0.179 e. The molecule has 1 atom stereocenters. The molecule has 0 heterocycles. The van der Waals surface area contributed by atoms with E-state index in [4.69, 9.17) is 11.6 Å². The van der Waals surface area contributed by atoms with Crippen molar-refractivity contribution in [3.63, 3.8) is 0 Å². The van der Waals surface area contributed by atoms with Gasteiger partial charge in [-0.3, -0.25) is 4.79 Å². The molecule has 0 aliphatic heterocycles.